The molecule has 0 aliphatic carbocycles. The molecule has 6 nitrogen and oxygen atoms in total. The summed E-state index contributed by atoms with van der Waals surface area (Å²) >= 11 is 4.63. The molecule has 0 fully saturated rings. The standard InChI is InChI=1S/C20H17BrN4O2S/c1-20(2)18(27)23-19-25(24-20)15(12-6-4-3-5-7-12)17(28-19)22-16(26)13-8-10-14(21)11-9-13/h3-11,24H,1-2H3,(H,22,26). The lowest BCUT2D eigenvalue weighted by atomic mass is 10.1. The van der Waals surface area contributed by atoms with Crippen LogP contribution in [0.2, 0.25) is 0 Å². The summed E-state index contributed by atoms with van der Waals surface area (Å²) in [6, 6.07) is 16.8. The van der Waals surface area contributed by atoms with Gasteiger partial charge in [-0.3, -0.25) is 9.59 Å². The predicted molar refractivity (Wildman–Crippen MR) is 114 cm³/mol. The summed E-state index contributed by atoms with van der Waals surface area (Å²) in [5, 5.41) is 5.87. The van der Waals surface area contributed by atoms with Gasteiger partial charge in [-0.25, -0.2) is 10.4 Å². The minimum atomic E-state index is -0.838. The van der Waals surface area contributed by atoms with E-state index in [0.29, 0.717) is 15.8 Å². The molecule has 142 valence electrons. The van der Waals surface area contributed by atoms with Crippen molar-refractivity contribution in [3.05, 3.63) is 75.2 Å². The molecule has 8 heteroatoms. The smallest absolute Gasteiger partial charge is 0.269 e. The highest BCUT2D eigenvalue weighted by Gasteiger charge is 2.42. The van der Waals surface area contributed by atoms with Gasteiger partial charge in [0.15, 0.2) is 5.17 Å². The first-order chi connectivity index (χ1) is 13.3. The Balaban J connectivity index is 1.73. The molecule has 0 saturated carbocycles. The molecule has 0 unspecified atom stereocenters. The number of benzene rings is 2. The van der Waals surface area contributed by atoms with E-state index in [1.807, 2.05) is 42.5 Å². The Bertz CT molecular complexity index is 1020. The van der Waals surface area contributed by atoms with Crippen LogP contribution in [0, 0.1) is 0 Å². The second kappa shape index (κ2) is 7.20. The highest BCUT2D eigenvalue weighted by molar-refractivity contribution is 9.10. The third-order valence-corrected chi connectivity index (χ3v) is 5.81. The summed E-state index contributed by atoms with van der Waals surface area (Å²) in [5.74, 6) is -0.478. The first kappa shape index (κ1) is 18.9. The van der Waals surface area contributed by atoms with Crippen LogP contribution < -0.4 is 10.7 Å². The summed E-state index contributed by atoms with van der Waals surface area (Å²) in [6.07, 6.45) is 0. The second-order valence-corrected chi connectivity index (χ2v) is 8.77. The maximum atomic E-state index is 12.8. The molecule has 2 amide bonds. The zero-order valence-corrected chi connectivity index (χ0v) is 17.6. The zero-order chi connectivity index (χ0) is 19.9. The fourth-order valence-corrected chi connectivity index (χ4v) is 4.08. The molecular weight excluding hydrogens is 440 g/mol. The molecule has 2 aromatic carbocycles. The van der Waals surface area contributed by atoms with Gasteiger partial charge in [0.05, 0.1) is 5.70 Å². The summed E-state index contributed by atoms with van der Waals surface area (Å²) in [5.41, 5.74) is 4.59. The number of fused-ring (bicyclic) bond motifs is 1. The van der Waals surface area contributed by atoms with Crippen molar-refractivity contribution in [1.82, 2.24) is 15.8 Å². The van der Waals surface area contributed by atoms with Crippen molar-refractivity contribution in [2.24, 2.45) is 4.99 Å². The molecular formula is C20H17BrN4O2S. The monoisotopic (exact) mass is 456 g/mol. The van der Waals surface area contributed by atoms with Crippen LogP contribution in [0.15, 0.2) is 69.1 Å². The molecule has 2 aliphatic rings. The number of hydrogen-bond acceptors (Lipinski definition) is 5. The van der Waals surface area contributed by atoms with E-state index in [2.05, 4.69) is 31.7 Å². The zero-order valence-electron chi connectivity index (χ0n) is 15.2. The number of carbonyl (C=O) groups excluding carboxylic acids is 2. The average molecular weight is 457 g/mol. The highest BCUT2D eigenvalue weighted by Crippen LogP contribution is 2.40. The Morgan fingerprint density at radius 1 is 1.14 bits per heavy atom. The van der Waals surface area contributed by atoms with Crippen molar-refractivity contribution < 1.29 is 9.59 Å². The van der Waals surface area contributed by atoms with Crippen LogP contribution in [0.25, 0.3) is 5.70 Å². The summed E-state index contributed by atoms with van der Waals surface area (Å²) < 4.78 is 0.903. The van der Waals surface area contributed by atoms with E-state index in [1.165, 1.54) is 11.8 Å². The quantitative estimate of drug-likeness (QED) is 0.735. The van der Waals surface area contributed by atoms with Crippen molar-refractivity contribution in [3.8, 4) is 0 Å². The minimum Gasteiger partial charge on any atom is -0.314 e. The van der Waals surface area contributed by atoms with Crippen LogP contribution in [0.5, 0.6) is 0 Å². The molecule has 0 bridgehead atoms. The van der Waals surface area contributed by atoms with E-state index < -0.39 is 5.54 Å². The Morgan fingerprint density at radius 3 is 2.50 bits per heavy atom. The van der Waals surface area contributed by atoms with Gasteiger partial charge < -0.3 is 5.32 Å². The predicted octanol–water partition coefficient (Wildman–Crippen LogP) is 3.73. The van der Waals surface area contributed by atoms with Crippen LogP contribution in [-0.4, -0.2) is 27.5 Å². The number of hydrogen-bond donors (Lipinski definition) is 2. The van der Waals surface area contributed by atoms with Crippen molar-refractivity contribution in [3.63, 3.8) is 0 Å². The molecule has 2 aliphatic heterocycles. The van der Waals surface area contributed by atoms with Gasteiger partial charge in [0, 0.05) is 15.6 Å². The fourth-order valence-electron chi connectivity index (χ4n) is 2.83. The van der Waals surface area contributed by atoms with Gasteiger partial charge in [0.1, 0.15) is 10.6 Å². The number of amides is 2. The van der Waals surface area contributed by atoms with E-state index in [-0.39, 0.29) is 11.8 Å². The van der Waals surface area contributed by atoms with Crippen molar-refractivity contribution in [2.45, 2.75) is 19.4 Å². The van der Waals surface area contributed by atoms with Gasteiger partial charge in [-0.15, -0.1) is 0 Å². The Morgan fingerprint density at radius 2 is 1.82 bits per heavy atom. The number of aliphatic imine (C=N–C) groups is 1. The molecule has 2 heterocycles. The van der Waals surface area contributed by atoms with Gasteiger partial charge in [0.25, 0.3) is 11.8 Å². The van der Waals surface area contributed by atoms with Gasteiger partial charge >= 0.3 is 0 Å². The average Bonchev–Trinajstić information content (AvgIpc) is 2.99. The number of hydrazine groups is 1. The first-order valence-corrected chi connectivity index (χ1v) is 10.2. The normalized spacial score (nSPS) is 18.0. The lowest BCUT2D eigenvalue weighted by Gasteiger charge is -2.35. The van der Waals surface area contributed by atoms with E-state index in [4.69, 9.17) is 0 Å². The maximum Gasteiger partial charge on any atom is 0.269 e. The number of amidine groups is 1. The third-order valence-electron chi connectivity index (χ3n) is 4.33. The Hall–Kier alpha value is -2.42. The Kier molecular flexibility index (Phi) is 4.86. The first-order valence-electron chi connectivity index (χ1n) is 8.61. The summed E-state index contributed by atoms with van der Waals surface area (Å²) in [4.78, 5) is 29.3. The van der Waals surface area contributed by atoms with Gasteiger partial charge in [-0.05, 0) is 49.9 Å². The molecule has 4 rings (SSSR count). The molecule has 2 aromatic rings. The number of halogens is 1. The van der Waals surface area contributed by atoms with E-state index in [1.54, 1.807) is 31.0 Å². The highest BCUT2D eigenvalue weighted by atomic mass is 79.9. The van der Waals surface area contributed by atoms with Crippen molar-refractivity contribution in [1.29, 1.82) is 0 Å². The molecule has 0 atom stereocenters. The minimum absolute atomic E-state index is 0.227. The molecule has 2 N–H and O–H groups in total. The molecule has 0 saturated heterocycles. The lowest BCUT2D eigenvalue weighted by molar-refractivity contribution is -0.124. The molecule has 28 heavy (non-hydrogen) atoms. The maximum absolute atomic E-state index is 12.8. The van der Waals surface area contributed by atoms with E-state index >= 15 is 0 Å². The van der Waals surface area contributed by atoms with Crippen molar-refractivity contribution >= 4 is 50.4 Å². The number of thioether (sulfide) groups is 1. The van der Waals surface area contributed by atoms with Crippen LogP contribution in [-0.2, 0) is 4.79 Å². The molecule has 0 aromatic heterocycles. The van der Waals surface area contributed by atoms with Gasteiger partial charge in [-0.1, -0.05) is 46.3 Å². The SMILES string of the molecule is CC1(C)NN2C(=NC1=O)SC(NC(=O)c1ccc(Br)cc1)=C2c1ccccc1. The van der Waals surface area contributed by atoms with Crippen LogP contribution in [0.3, 0.4) is 0 Å². The van der Waals surface area contributed by atoms with Crippen LogP contribution in [0.4, 0.5) is 0 Å². The summed E-state index contributed by atoms with van der Waals surface area (Å²) in [7, 11) is 0. The van der Waals surface area contributed by atoms with E-state index in [9.17, 15) is 9.59 Å². The van der Waals surface area contributed by atoms with Gasteiger partial charge in [-0.2, -0.15) is 4.99 Å². The largest absolute Gasteiger partial charge is 0.314 e. The van der Waals surface area contributed by atoms with Crippen molar-refractivity contribution in [2.75, 3.05) is 0 Å². The number of nitrogens with one attached hydrogen (secondary N) is 2. The number of carbonyl (C=O) groups is 2. The number of nitrogens with zero attached hydrogens (tertiary/aromatic N) is 2. The second-order valence-electron chi connectivity index (χ2n) is 6.88. The van der Waals surface area contributed by atoms with Crippen LogP contribution >= 0.6 is 27.7 Å². The summed E-state index contributed by atoms with van der Waals surface area (Å²) in [6.45, 7) is 3.56. The Labute approximate surface area is 175 Å². The fraction of sp³-hybridized carbons (Fsp3) is 0.150. The topological polar surface area (TPSA) is 73.8 Å². The molecule has 0 spiro atoms. The molecule has 0 radical (unpaired) electrons. The lowest BCUT2D eigenvalue weighted by Crippen LogP contribution is -2.58. The third kappa shape index (κ3) is 3.50. The van der Waals surface area contributed by atoms with Gasteiger partial charge in [0.2, 0.25) is 0 Å². The number of rotatable bonds is 3. The van der Waals surface area contributed by atoms with E-state index in [0.717, 1.165) is 15.7 Å². The van der Waals surface area contributed by atoms with Crippen LogP contribution in [0.1, 0.15) is 29.8 Å².